The molecule has 0 spiro atoms. The Morgan fingerprint density at radius 1 is 1.07 bits per heavy atom. The Morgan fingerprint density at radius 3 is 2.14 bits per heavy atom. The zero-order valence-corrected chi connectivity index (χ0v) is 9.07. The second-order valence-corrected chi connectivity index (χ2v) is 3.97. The molecule has 0 saturated carbocycles. The monoisotopic (exact) mass is 193 g/mol. The largest absolute Gasteiger partial charge is 0.387 e. The Bertz CT molecular complexity index is 258. The molecule has 2 heteroatoms. The Hall–Kier alpha value is -0.860. The molecule has 0 amide bonds. The molecule has 0 unspecified atom stereocenters. The second kappa shape index (κ2) is 5.13. The van der Waals surface area contributed by atoms with E-state index in [1.54, 1.807) is 0 Å². The summed E-state index contributed by atoms with van der Waals surface area (Å²) in [6, 6.07) is 10.2. The van der Waals surface area contributed by atoms with Gasteiger partial charge in [0.2, 0.25) is 0 Å². The quantitative estimate of drug-likeness (QED) is 0.767. The SMILES string of the molecule is CC(C)N[C@H](C)[C@@H](O)c1ccccc1. The number of aliphatic hydroxyl groups excluding tert-OH is 1. The summed E-state index contributed by atoms with van der Waals surface area (Å²) < 4.78 is 0. The number of benzene rings is 1. The van der Waals surface area contributed by atoms with Gasteiger partial charge in [0, 0.05) is 12.1 Å². The molecule has 2 atom stereocenters. The maximum absolute atomic E-state index is 9.98. The molecule has 0 heterocycles. The molecule has 0 bridgehead atoms. The topological polar surface area (TPSA) is 32.3 Å². The van der Waals surface area contributed by atoms with Gasteiger partial charge in [0.25, 0.3) is 0 Å². The van der Waals surface area contributed by atoms with Crippen LogP contribution >= 0.6 is 0 Å². The van der Waals surface area contributed by atoms with E-state index in [4.69, 9.17) is 0 Å². The summed E-state index contributed by atoms with van der Waals surface area (Å²) in [5.74, 6) is 0. The zero-order valence-electron chi connectivity index (χ0n) is 9.07. The molecule has 0 fully saturated rings. The third-order valence-electron chi connectivity index (χ3n) is 2.21. The fourth-order valence-electron chi connectivity index (χ4n) is 1.56. The van der Waals surface area contributed by atoms with Crippen molar-refractivity contribution >= 4 is 0 Å². The fraction of sp³-hybridized carbons (Fsp3) is 0.500. The van der Waals surface area contributed by atoms with Crippen LogP contribution in [-0.2, 0) is 0 Å². The van der Waals surface area contributed by atoms with E-state index < -0.39 is 6.10 Å². The highest BCUT2D eigenvalue weighted by Gasteiger charge is 2.15. The predicted octanol–water partition coefficient (Wildman–Crippen LogP) is 2.11. The summed E-state index contributed by atoms with van der Waals surface area (Å²) in [7, 11) is 0. The first-order valence-electron chi connectivity index (χ1n) is 5.10. The van der Waals surface area contributed by atoms with Gasteiger partial charge in [-0.15, -0.1) is 0 Å². The molecule has 0 aliphatic carbocycles. The van der Waals surface area contributed by atoms with E-state index in [-0.39, 0.29) is 6.04 Å². The van der Waals surface area contributed by atoms with Crippen molar-refractivity contribution in [2.45, 2.75) is 39.0 Å². The van der Waals surface area contributed by atoms with Crippen molar-refractivity contribution in [3.63, 3.8) is 0 Å². The zero-order chi connectivity index (χ0) is 10.6. The average molecular weight is 193 g/mol. The molecule has 14 heavy (non-hydrogen) atoms. The van der Waals surface area contributed by atoms with E-state index in [0.29, 0.717) is 6.04 Å². The van der Waals surface area contributed by atoms with E-state index >= 15 is 0 Å². The Labute approximate surface area is 86.0 Å². The summed E-state index contributed by atoms with van der Waals surface area (Å²) in [4.78, 5) is 0. The number of aliphatic hydroxyl groups is 1. The highest BCUT2D eigenvalue weighted by molar-refractivity contribution is 5.18. The minimum Gasteiger partial charge on any atom is -0.387 e. The Kier molecular flexibility index (Phi) is 4.11. The highest BCUT2D eigenvalue weighted by atomic mass is 16.3. The summed E-state index contributed by atoms with van der Waals surface area (Å²) in [5, 5.41) is 13.3. The van der Waals surface area contributed by atoms with Crippen LogP contribution < -0.4 is 5.32 Å². The van der Waals surface area contributed by atoms with Crippen LogP contribution in [0.4, 0.5) is 0 Å². The first-order valence-corrected chi connectivity index (χ1v) is 5.10. The molecule has 0 radical (unpaired) electrons. The molecule has 1 rings (SSSR count). The number of hydrogen-bond donors (Lipinski definition) is 2. The van der Waals surface area contributed by atoms with E-state index in [9.17, 15) is 5.11 Å². The minimum atomic E-state index is -0.432. The molecular weight excluding hydrogens is 174 g/mol. The number of rotatable bonds is 4. The van der Waals surface area contributed by atoms with Gasteiger partial charge in [-0.05, 0) is 12.5 Å². The first kappa shape index (κ1) is 11.2. The number of nitrogens with one attached hydrogen (secondary N) is 1. The van der Waals surface area contributed by atoms with E-state index in [0.717, 1.165) is 5.56 Å². The van der Waals surface area contributed by atoms with Gasteiger partial charge >= 0.3 is 0 Å². The number of hydrogen-bond acceptors (Lipinski definition) is 2. The van der Waals surface area contributed by atoms with Crippen molar-refractivity contribution in [3.8, 4) is 0 Å². The van der Waals surface area contributed by atoms with E-state index in [1.807, 2.05) is 37.3 Å². The maximum atomic E-state index is 9.98. The highest BCUT2D eigenvalue weighted by Crippen LogP contribution is 2.16. The standard InChI is InChI=1S/C12H19NO/c1-9(2)13-10(3)12(14)11-7-5-4-6-8-11/h4-10,12-14H,1-3H3/t10-,12-/m1/s1. The Morgan fingerprint density at radius 2 is 1.64 bits per heavy atom. The third-order valence-corrected chi connectivity index (χ3v) is 2.21. The van der Waals surface area contributed by atoms with Crippen LogP contribution in [0, 0.1) is 0 Å². The lowest BCUT2D eigenvalue weighted by molar-refractivity contribution is 0.132. The summed E-state index contributed by atoms with van der Waals surface area (Å²) in [6.45, 7) is 6.15. The van der Waals surface area contributed by atoms with Crippen LogP contribution in [0.2, 0.25) is 0 Å². The average Bonchev–Trinajstić information content (AvgIpc) is 2.17. The molecular formula is C12H19NO. The van der Waals surface area contributed by atoms with Crippen molar-refractivity contribution in [1.82, 2.24) is 5.32 Å². The second-order valence-electron chi connectivity index (χ2n) is 3.97. The van der Waals surface area contributed by atoms with Gasteiger partial charge in [0.05, 0.1) is 6.10 Å². The maximum Gasteiger partial charge on any atom is 0.0940 e. The lowest BCUT2D eigenvalue weighted by Crippen LogP contribution is -2.36. The smallest absolute Gasteiger partial charge is 0.0940 e. The van der Waals surface area contributed by atoms with Crippen molar-refractivity contribution in [3.05, 3.63) is 35.9 Å². The van der Waals surface area contributed by atoms with Crippen LogP contribution in [0.3, 0.4) is 0 Å². The molecule has 1 aromatic carbocycles. The van der Waals surface area contributed by atoms with Crippen LogP contribution in [0.1, 0.15) is 32.4 Å². The van der Waals surface area contributed by atoms with Crippen molar-refractivity contribution in [2.24, 2.45) is 0 Å². The molecule has 0 aliphatic rings. The van der Waals surface area contributed by atoms with Gasteiger partial charge < -0.3 is 10.4 Å². The van der Waals surface area contributed by atoms with Gasteiger partial charge in [0.15, 0.2) is 0 Å². The van der Waals surface area contributed by atoms with Gasteiger partial charge in [0.1, 0.15) is 0 Å². The van der Waals surface area contributed by atoms with Crippen LogP contribution in [0.25, 0.3) is 0 Å². The van der Waals surface area contributed by atoms with Crippen LogP contribution in [0.15, 0.2) is 30.3 Å². The van der Waals surface area contributed by atoms with Crippen LogP contribution in [0.5, 0.6) is 0 Å². The Balaban J connectivity index is 2.61. The first-order chi connectivity index (χ1) is 6.61. The predicted molar refractivity (Wildman–Crippen MR) is 59.1 cm³/mol. The van der Waals surface area contributed by atoms with Gasteiger partial charge in [-0.25, -0.2) is 0 Å². The molecule has 2 nitrogen and oxygen atoms in total. The summed E-state index contributed by atoms with van der Waals surface area (Å²) >= 11 is 0. The molecule has 0 aliphatic heterocycles. The summed E-state index contributed by atoms with van der Waals surface area (Å²) in [5.41, 5.74) is 0.966. The lowest BCUT2D eigenvalue weighted by atomic mass is 10.0. The third kappa shape index (κ3) is 3.13. The fourth-order valence-corrected chi connectivity index (χ4v) is 1.56. The van der Waals surface area contributed by atoms with Crippen molar-refractivity contribution in [2.75, 3.05) is 0 Å². The van der Waals surface area contributed by atoms with E-state index in [2.05, 4.69) is 19.2 Å². The van der Waals surface area contributed by atoms with Crippen molar-refractivity contribution < 1.29 is 5.11 Å². The molecule has 78 valence electrons. The summed E-state index contributed by atoms with van der Waals surface area (Å²) in [6.07, 6.45) is -0.432. The van der Waals surface area contributed by atoms with Gasteiger partial charge in [-0.1, -0.05) is 44.2 Å². The van der Waals surface area contributed by atoms with E-state index in [1.165, 1.54) is 0 Å². The van der Waals surface area contributed by atoms with Gasteiger partial charge in [-0.2, -0.15) is 0 Å². The van der Waals surface area contributed by atoms with Gasteiger partial charge in [-0.3, -0.25) is 0 Å². The molecule has 2 N–H and O–H groups in total. The molecule has 0 aromatic heterocycles. The van der Waals surface area contributed by atoms with Crippen LogP contribution in [-0.4, -0.2) is 17.2 Å². The molecule has 0 saturated heterocycles. The lowest BCUT2D eigenvalue weighted by Gasteiger charge is -2.22. The normalized spacial score (nSPS) is 15.5. The minimum absolute atomic E-state index is 0.0809. The van der Waals surface area contributed by atoms with Crippen molar-refractivity contribution in [1.29, 1.82) is 0 Å². The molecule has 1 aromatic rings.